The first-order chi connectivity index (χ1) is 18.0. The fourth-order valence-corrected chi connectivity index (χ4v) is 5.18. The second-order valence-corrected chi connectivity index (χ2v) is 9.91. The number of hydrogen-bond acceptors (Lipinski definition) is 7. The van der Waals surface area contributed by atoms with Crippen LogP contribution in [-0.2, 0) is 16.1 Å². The van der Waals surface area contributed by atoms with Gasteiger partial charge in [-0.25, -0.2) is 4.99 Å². The van der Waals surface area contributed by atoms with Crippen molar-refractivity contribution in [3.63, 3.8) is 0 Å². The van der Waals surface area contributed by atoms with Crippen LogP contribution in [0.1, 0.15) is 18.9 Å². The minimum absolute atomic E-state index is 0.0344. The fraction of sp³-hybridized carbons (Fsp3) is 0.222. The van der Waals surface area contributed by atoms with E-state index in [9.17, 15) is 9.59 Å². The molecule has 10 heteroatoms. The number of fused-ring (bicyclic) bond motifs is 1. The van der Waals surface area contributed by atoms with Crippen molar-refractivity contribution in [2.75, 3.05) is 18.7 Å². The molecule has 1 fully saturated rings. The number of amidine groups is 1. The third-order valence-electron chi connectivity index (χ3n) is 5.68. The first-order valence-electron chi connectivity index (χ1n) is 11.7. The van der Waals surface area contributed by atoms with Crippen LogP contribution >= 0.6 is 23.4 Å². The number of anilines is 1. The lowest BCUT2D eigenvalue weighted by atomic mass is 10.1. The van der Waals surface area contributed by atoms with E-state index in [1.807, 2.05) is 25.1 Å². The molecular formula is C27H24ClN3O5S. The Hall–Kier alpha value is -3.69. The number of ether oxygens (including phenoxy) is 3. The fourth-order valence-electron chi connectivity index (χ4n) is 3.90. The van der Waals surface area contributed by atoms with E-state index in [4.69, 9.17) is 30.8 Å². The minimum atomic E-state index is -0.648. The zero-order valence-electron chi connectivity index (χ0n) is 20.0. The average molecular weight is 538 g/mol. The molecular weight excluding hydrogens is 514 g/mol. The molecule has 2 amide bonds. The molecule has 2 heterocycles. The zero-order valence-corrected chi connectivity index (χ0v) is 21.6. The number of rotatable bonds is 7. The summed E-state index contributed by atoms with van der Waals surface area (Å²) < 4.78 is 16.3. The van der Waals surface area contributed by atoms with Gasteiger partial charge in [0, 0.05) is 17.1 Å². The molecule has 1 saturated heterocycles. The first-order valence-corrected chi connectivity index (χ1v) is 13.0. The molecule has 37 heavy (non-hydrogen) atoms. The lowest BCUT2D eigenvalue weighted by molar-refractivity contribution is -0.129. The van der Waals surface area contributed by atoms with Gasteiger partial charge >= 0.3 is 0 Å². The van der Waals surface area contributed by atoms with Crippen molar-refractivity contribution in [3.05, 3.63) is 77.3 Å². The number of carbonyl (C=O) groups is 2. The molecule has 5 rings (SSSR count). The maximum Gasteiger partial charge on any atom is 0.238 e. The van der Waals surface area contributed by atoms with Crippen molar-refractivity contribution < 1.29 is 23.8 Å². The molecule has 0 spiro atoms. The minimum Gasteiger partial charge on any atom is -0.494 e. The molecule has 3 aromatic rings. The largest absolute Gasteiger partial charge is 0.494 e. The third kappa shape index (κ3) is 6.00. The molecule has 2 aliphatic rings. The summed E-state index contributed by atoms with van der Waals surface area (Å²) in [7, 11) is 0. The average Bonchev–Trinajstić information content (AvgIpc) is 3.35. The van der Waals surface area contributed by atoms with E-state index in [2.05, 4.69) is 5.32 Å². The van der Waals surface area contributed by atoms with Crippen LogP contribution in [0.5, 0.6) is 17.2 Å². The Morgan fingerprint density at radius 3 is 2.73 bits per heavy atom. The first kappa shape index (κ1) is 25.0. The highest BCUT2D eigenvalue weighted by Gasteiger charge is 2.36. The molecule has 8 nitrogen and oxygen atoms in total. The van der Waals surface area contributed by atoms with Crippen LogP contribution in [0.15, 0.2) is 71.7 Å². The predicted octanol–water partition coefficient (Wildman–Crippen LogP) is 5.63. The van der Waals surface area contributed by atoms with Crippen molar-refractivity contribution in [1.29, 1.82) is 0 Å². The maximum absolute atomic E-state index is 13.3. The molecule has 3 aromatic carbocycles. The van der Waals surface area contributed by atoms with Gasteiger partial charge in [0.15, 0.2) is 16.7 Å². The summed E-state index contributed by atoms with van der Waals surface area (Å²) in [4.78, 5) is 32.8. The summed E-state index contributed by atoms with van der Waals surface area (Å²) in [5.74, 6) is 1.54. The van der Waals surface area contributed by atoms with Crippen molar-refractivity contribution in [1.82, 2.24) is 4.90 Å². The quantitative estimate of drug-likeness (QED) is 0.420. The van der Waals surface area contributed by atoms with Crippen molar-refractivity contribution in [2.24, 2.45) is 4.99 Å². The van der Waals surface area contributed by atoms with Gasteiger partial charge in [0.1, 0.15) is 11.0 Å². The van der Waals surface area contributed by atoms with Gasteiger partial charge in [-0.05, 0) is 67.1 Å². The lowest BCUT2D eigenvalue weighted by Crippen LogP contribution is -2.44. The summed E-state index contributed by atoms with van der Waals surface area (Å²) in [6, 6.07) is 19.7. The molecule has 190 valence electrons. The van der Waals surface area contributed by atoms with Crippen molar-refractivity contribution >= 4 is 51.7 Å². The summed E-state index contributed by atoms with van der Waals surface area (Å²) >= 11 is 7.40. The summed E-state index contributed by atoms with van der Waals surface area (Å²) in [6.45, 7) is 2.91. The van der Waals surface area contributed by atoms with Crippen LogP contribution in [0.3, 0.4) is 0 Å². The van der Waals surface area contributed by atoms with E-state index in [1.54, 1.807) is 53.4 Å². The van der Waals surface area contributed by atoms with E-state index in [0.29, 0.717) is 39.7 Å². The van der Waals surface area contributed by atoms with E-state index in [1.165, 1.54) is 11.8 Å². The van der Waals surface area contributed by atoms with E-state index in [0.717, 1.165) is 11.3 Å². The number of thioether (sulfide) groups is 1. The van der Waals surface area contributed by atoms with Crippen LogP contribution in [0.25, 0.3) is 0 Å². The normalized spacial score (nSPS) is 17.7. The highest BCUT2D eigenvalue weighted by atomic mass is 35.5. The third-order valence-corrected chi connectivity index (χ3v) is 7.10. The topological polar surface area (TPSA) is 89.5 Å². The number of nitrogens with one attached hydrogen (secondary N) is 1. The van der Waals surface area contributed by atoms with E-state index < -0.39 is 5.25 Å². The number of amides is 2. The summed E-state index contributed by atoms with van der Waals surface area (Å²) in [5, 5.41) is 3.20. The Kier molecular flexibility index (Phi) is 7.52. The molecule has 0 saturated carbocycles. The van der Waals surface area contributed by atoms with Gasteiger partial charge in [-0.15, -0.1) is 0 Å². The molecule has 0 bridgehead atoms. The van der Waals surface area contributed by atoms with Crippen LogP contribution in [0.4, 0.5) is 11.4 Å². The zero-order chi connectivity index (χ0) is 25.8. The number of benzene rings is 3. The smallest absolute Gasteiger partial charge is 0.238 e. The molecule has 0 radical (unpaired) electrons. The Balaban J connectivity index is 1.37. The molecule has 1 unspecified atom stereocenters. The highest BCUT2D eigenvalue weighted by Crippen LogP contribution is 2.35. The molecule has 0 aliphatic carbocycles. The number of aliphatic imine (C=N–C) groups is 1. The second-order valence-electron chi connectivity index (χ2n) is 8.30. The molecule has 0 aromatic heterocycles. The van der Waals surface area contributed by atoms with Gasteiger partial charge in [-0.3, -0.25) is 14.5 Å². The van der Waals surface area contributed by atoms with Crippen LogP contribution in [-0.4, -0.2) is 40.5 Å². The van der Waals surface area contributed by atoms with Gasteiger partial charge in [-0.2, -0.15) is 0 Å². The number of nitrogens with zero attached hydrogens (tertiary/aromatic N) is 2. The Morgan fingerprint density at radius 2 is 1.95 bits per heavy atom. The highest BCUT2D eigenvalue weighted by molar-refractivity contribution is 8.15. The molecule has 1 atom stereocenters. The van der Waals surface area contributed by atoms with Gasteiger partial charge in [0.2, 0.25) is 18.6 Å². The second kappa shape index (κ2) is 11.1. The number of halogens is 1. The van der Waals surface area contributed by atoms with Crippen LogP contribution < -0.4 is 19.5 Å². The SMILES string of the molecule is CCOc1ccc(NC(=O)C2CC(=O)N(Cc3ccc4c(c3)OCO4)C(=Nc3cccc(Cl)c3)S2)cc1. The van der Waals surface area contributed by atoms with Crippen molar-refractivity contribution in [2.45, 2.75) is 25.1 Å². The summed E-state index contributed by atoms with van der Waals surface area (Å²) in [6.07, 6.45) is 0.0344. The van der Waals surface area contributed by atoms with Crippen LogP contribution in [0, 0.1) is 0 Å². The van der Waals surface area contributed by atoms with Gasteiger partial charge in [0.05, 0.1) is 18.8 Å². The van der Waals surface area contributed by atoms with E-state index in [-0.39, 0.29) is 31.6 Å². The molecule has 1 N–H and O–H groups in total. The lowest BCUT2D eigenvalue weighted by Gasteiger charge is -2.32. The van der Waals surface area contributed by atoms with Crippen LogP contribution in [0.2, 0.25) is 5.02 Å². The van der Waals surface area contributed by atoms with Gasteiger partial charge in [-0.1, -0.05) is 35.5 Å². The Bertz CT molecular complexity index is 1350. The Labute approximate surface area is 223 Å². The van der Waals surface area contributed by atoms with Gasteiger partial charge < -0.3 is 19.5 Å². The number of hydrogen-bond donors (Lipinski definition) is 1. The standard InChI is InChI=1S/C27H24ClN3O5S/c1-2-34-21-9-7-19(8-10-21)29-26(33)24-14-25(32)31(15-17-6-11-22-23(12-17)36-16-35-22)27(37-24)30-20-5-3-4-18(28)13-20/h3-13,24H,2,14-16H2,1H3,(H,29,33). The van der Waals surface area contributed by atoms with E-state index >= 15 is 0 Å². The Morgan fingerprint density at radius 1 is 1.14 bits per heavy atom. The monoisotopic (exact) mass is 537 g/mol. The predicted molar refractivity (Wildman–Crippen MR) is 144 cm³/mol. The maximum atomic E-state index is 13.3. The van der Waals surface area contributed by atoms with Crippen molar-refractivity contribution in [3.8, 4) is 17.2 Å². The number of carbonyl (C=O) groups excluding carboxylic acids is 2. The summed E-state index contributed by atoms with van der Waals surface area (Å²) in [5.41, 5.74) is 2.07. The van der Waals surface area contributed by atoms with Gasteiger partial charge in [0.25, 0.3) is 0 Å². The molecule has 2 aliphatic heterocycles.